The maximum Gasteiger partial charge on any atom is 0.262 e. The number of ether oxygens (including phenoxy) is 2. The number of sulfonamides is 1. The van der Waals surface area contributed by atoms with E-state index in [9.17, 15) is 13.2 Å². The molecule has 1 aliphatic heterocycles. The van der Waals surface area contributed by atoms with Crippen LogP contribution < -0.4 is 19.5 Å². The predicted octanol–water partition coefficient (Wildman–Crippen LogP) is 3.78. The first kappa shape index (κ1) is 20.8. The quantitative estimate of drug-likeness (QED) is 0.413. The lowest BCUT2D eigenvalue weighted by atomic mass is 10.2. The molecule has 0 saturated heterocycles. The van der Waals surface area contributed by atoms with Gasteiger partial charge in [-0.3, -0.25) is 14.8 Å². The molecule has 1 aromatic heterocycles. The van der Waals surface area contributed by atoms with Crippen LogP contribution in [-0.4, -0.2) is 37.5 Å². The van der Waals surface area contributed by atoms with Crippen LogP contribution in [0.1, 0.15) is 16.8 Å². The SMILES string of the molecule is O=C(Nc1nc2ccccc2[nH]1)c1ccc(NS(=O)(=O)c2ccc3c(c2)OCCCO3)cc1. The number of anilines is 2. The van der Waals surface area contributed by atoms with Gasteiger partial charge in [-0.1, -0.05) is 12.1 Å². The van der Waals surface area contributed by atoms with Crippen molar-refractivity contribution in [1.29, 1.82) is 0 Å². The molecule has 0 radical (unpaired) electrons. The number of para-hydroxylation sites is 2. The Bertz CT molecular complexity index is 1400. The number of aromatic amines is 1. The molecule has 4 aromatic rings. The molecule has 3 aromatic carbocycles. The lowest BCUT2D eigenvalue weighted by Gasteiger charge is -2.12. The van der Waals surface area contributed by atoms with Crippen LogP contribution in [0.15, 0.2) is 71.6 Å². The number of nitrogens with zero attached hydrogens (tertiary/aromatic N) is 1. The summed E-state index contributed by atoms with van der Waals surface area (Å²) in [6, 6.07) is 18.0. The van der Waals surface area contributed by atoms with Crippen molar-refractivity contribution in [3.05, 3.63) is 72.3 Å². The van der Waals surface area contributed by atoms with Crippen molar-refractivity contribution in [3.63, 3.8) is 0 Å². The Kier molecular flexibility index (Phi) is 5.35. The molecule has 0 aliphatic carbocycles. The summed E-state index contributed by atoms with van der Waals surface area (Å²) < 4.78 is 39.3. The monoisotopic (exact) mass is 464 g/mol. The van der Waals surface area contributed by atoms with E-state index in [0.717, 1.165) is 17.5 Å². The molecule has 9 nitrogen and oxygen atoms in total. The first-order valence-electron chi connectivity index (χ1n) is 10.3. The highest BCUT2D eigenvalue weighted by Gasteiger charge is 2.19. The van der Waals surface area contributed by atoms with E-state index in [-0.39, 0.29) is 10.8 Å². The van der Waals surface area contributed by atoms with Crippen LogP contribution in [0, 0.1) is 0 Å². The molecule has 33 heavy (non-hydrogen) atoms. The molecular formula is C23H20N4O5S. The van der Waals surface area contributed by atoms with Crippen LogP contribution in [0.2, 0.25) is 0 Å². The molecule has 0 unspecified atom stereocenters. The minimum atomic E-state index is -3.86. The molecule has 0 fully saturated rings. The Labute approximate surface area is 189 Å². The Balaban J connectivity index is 1.29. The maximum absolute atomic E-state index is 12.8. The topological polar surface area (TPSA) is 122 Å². The highest BCUT2D eigenvalue weighted by Crippen LogP contribution is 2.32. The number of carbonyl (C=O) groups excluding carboxylic acids is 1. The van der Waals surface area contributed by atoms with Gasteiger partial charge in [0, 0.05) is 23.7 Å². The third-order valence-corrected chi connectivity index (χ3v) is 6.43. The zero-order chi connectivity index (χ0) is 22.8. The highest BCUT2D eigenvalue weighted by atomic mass is 32.2. The molecule has 5 rings (SSSR count). The zero-order valence-electron chi connectivity index (χ0n) is 17.4. The van der Waals surface area contributed by atoms with Crippen molar-refractivity contribution in [2.45, 2.75) is 11.3 Å². The van der Waals surface area contributed by atoms with Gasteiger partial charge in [0.05, 0.1) is 29.1 Å². The van der Waals surface area contributed by atoms with Crippen molar-refractivity contribution in [3.8, 4) is 11.5 Å². The van der Waals surface area contributed by atoms with Gasteiger partial charge in [0.1, 0.15) is 0 Å². The summed E-state index contributed by atoms with van der Waals surface area (Å²) in [7, 11) is -3.86. The van der Waals surface area contributed by atoms with Crippen LogP contribution in [0.25, 0.3) is 11.0 Å². The number of imidazole rings is 1. The van der Waals surface area contributed by atoms with Crippen LogP contribution in [0.3, 0.4) is 0 Å². The summed E-state index contributed by atoms with van der Waals surface area (Å²) in [5, 5.41) is 2.71. The number of fused-ring (bicyclic) bond motifs is 2. The first-order valence-corrected chi connectivity index (χ1v) is 11.7. The molecule has 0 atom stereocenters. The second-order valence-electron chi connectivity index (χ2n) is 7.40. The fourth-order valence-electron chi connectivity index (χ4n) is 3.41. The molecule has 1 aliphatic rings. The van der Waals surface area contributed by atoms with E-state index in [4.69, 9.17) is 9.47 Å². The molecule has 10 heteroatoms. The first-order chi connectivity index (χ1) is 16.0. The van der Waals surface area contributed by atoms with E-state index in [1.807, 2.05) is 24.3 Å². The minimum absolute atomic E-state index is 0.0541. The summed E-state index contributed by atoms with van der Waals surface area (Å²) >= 11 is 0. The number of nitrogens with one attached hydrogen (secondary N) is 3. The number of H-pyrrole nitrogens is 1. The van der Waals surface area contributed by atoms with Gasteiger partial charge in [0.15, 0.2) is 11.5 Å². The van der Waals surface area contributed by atoms with Crippen LogP contribution in [0.5, 0.6) is 11.5 Å². The zero-order valence-corrected chi connectivity index (χ0v) is 18.2. The molecule has 1 amide bonds. The van der Waals surface area contributed by atoms with Gasteiger partial charge in [-0.15, -0.1) is 0 Å². The highest BCUT2D eigenvalue weighted by molar-refractivity contribution is 7.92. The Morgan fingerprint density at radius 3 is 2.48 bits per heavy atom. The molecule has 0 saturated carbocycles. The van der Waals surface area contributed by atoms with Crippen molar-refractivity contribution in [1.82, 2.24) is 9.97 Å². The lowest BCUT2D eigenvalue weighted by Crippen LogP contribution is -2.15. The van der Waals surface area contributed by atoms with Crippen molar-refractivity contribution >= 4 is 38.6 Å². The molecular weight excluding hydrogens is 444 g/mol. The van der Waals surface area contributed by atoms with Crippen LogP contribution in [0.4, 0.5) is 11.6 Å². The van der Waals surface area contributed by atoms with Gasteiger partial charge in [-0.25, -0.2) is 13.4 Å². The Hall–Kier alpha value is -4.05. The van der Waals surface area contributed by atoms with Crippen molar-refractivity contribution in [2.75, 3.05) is 23.3 Å². The van der Waals surface area contributed by atoms with Crippen molar-refractivity contribution < 1.29 is 22.7 Å². The van der Waals surface area contributed by atoms with Gasteiger partial charge in [-0.2, -0.15) is 0 Å². The van der Waals surface area contributed by atoms with Gasteiger partial charge in [0.25, 0.3) is 15.9 Å². The number of rotatable bonds is 5. The van der Waals surface area contributed by atoms with Crippen molar-refractivity contribution in [2.24, 2.45) is 0 Å². The normalized spacial score (nSPS) is 13.3. The van der Waals surface area contributed by atoms with E-state index in [1.165, 1.54) is 36.4 Å². The summed E-state index contributed by atoms with van der Waals surface area (Å²) in [5.74, 6) is 0.881. The van der Waals surface area contributed by atoms with E-state index < -0.39 is 10.0 Å². The third kappa shape index (κ3) is 4.46. The predicted molar refractivity (Wildman–Crippen MR) is 123 cm³/mol. The van der Waals surface area contributed by atoms with Gasteiger partial charge >= 0.3 is 0 Å². The average Bonchev–Trinajstić information content (AvgIpc) is 3.06. The summed E-state index contributed by atoms with van der Waals surface area (Å²) in [5.41, 5.74) is 2.23. The lowest BCUT2D eigenvalue weighted by molar-refractivity contribution is 0.102. The van der Waals surface area contributed by atoms with Crippen LogP contribution in [-0.2, 0) is 10.0 Å². The number of aromatic nitrogens is 2. The molecule has 168 valence electrons. The van der Waals surface area contributed by atoms with E-state index in [1.54, 1.807) is 6.07 Å². The summed E-state index contributed by atoms with van der Waals surface area (Å²) in [4.78, 5) is 19.9. The fourth-order valence-corrected chi connectivity index (χ4v) is 4.48. The standard InChI is InChI=1S/C23H20N4O5S/c28-22(26-23-24-18-4-1-2-5-19(18)25-23)15-6-8-16(9-7-15)27-33(29,30)17-10-11-20-21(14-17)32-13-3-12-31-20/h1-2,4-11,14,27H,3,12-13H2,(H2,24,25,26,28). The van der Waals surface area contributed by atoms with Gasteiger partial charge < -0.3 is 14.5 Å². The Morgan fingerprint density at radius 1 is 0.939 bits per heavy atom. The Morgan fingerprint density at radius 2 is 1.70 bits per heavy atom. The molecule has 3 N–H and O–H groups in total. The number of amides is 1. The van der Waals surface area contributed by atoms with E-state index in [2.05, 4.69) is 20.0 Å². The van der Waals surface area contributed by atoms with Crippen LogP contribution >= 0.6 is 0 Å². The molecule has 0 bridgehead atoms. The van der Waals surface area contributed by atoms with E-state index >= 15 is 0 Å². The fraction of sp³-hybridized carbons (Fsp3) is 0.130. The number of carbonyl (C=O) groups is 1. The van der Waals surface area contributed by atoms with Gasteiger partial charge in [-0.05, 0) is 48.5 Å². The number of hydrogen-bond acceptors (Lipinski definition) is 6. The second-order valence-corrected chi connectivity index (χ2v) is 9.08. The minimum Gasteiger partial charge on any atom is -0.490 e. The number of hydrogen-bond donors (Lipinski definition) is 3. The summed E-state index contributed by atoms with van der Waals surface area (Å²) in [6.45, 7) is 0.981. The smallest absolute Gasteiger partial charge is 0.262 e. The maximum atomic E-state index is 12.8. The molecule has 2 heterocycles. The molecule has 0 spiro atoms. The largest absolute Gasteiger partial charge is 0.490 e. The van der Waals surface area contributed by atoms with E-state index in [0.29, 0.717) is 41.9 Å². The van der Waals surface area contributed by atoms with Gasteiger partial charge in [0.2, 0.25) is 5.95 Å². The third-order valence-electron chi connectivity index (χ3n) is 5.05. The number of benzene rings is 3. The summed E-state index contributed by atoms with van der Waals surface area (Å²) in [6.07, 6.45) is 0.727. The average molecular weight is 465 g/mol. The second kappa shape index (κ2) is 8.47.